The molecule has 17 heavy (non-hydrogen) atoms. The molecule has 0 radical (unpaired) electrons. The molecule has 0 aromatic heterocycles. The van der Waals surface area contributed by atoms with Crippen molar-refractivity contribution in [2.75, 3.05) is 13.2 Å². The van der Waals surface area contributed by atoms with Crippen molar-refractivity contribution in [1.82, 2.24) is 4.90 Å². The van der Waals surface area contributed by atoms with Gasteiger partial charge in [-0.3, -0.25) is 4.79 Å². The second kappa shape index (κ2) is 5.02. The smallest absolute Gasteiger partial charge is 0.257 e. The van der Waals surface area contributed by atoms with Crippen molar-refractivity contribution in [2.24, 2.45) is 0 Å². The molecule has 1 heterocycles. The molecule has 0 bridgehead atoms. The number of rotatable bonds is 2. The van der Waals surface area contributed by atoms with Crippen LogP contribution in [0, 0.1) is 5.82 Å². The molecular weight excluding hydrogens is 245 g/mol. The quantitative estimate of drug-likeness (QED) is 0.881. The van der Waals surface area contributed by atoms with Crippen LogP contribution in [0.4, 0.5) is 4.39 Å². The third kappa shape index (κ3) is 2.28. The van der Waals surface area contributed by atoms with E-state index in [9.17, 15) is 9.18 Å². The molecule has 0 aliphatic carbocycles. The first-order chi connectivity index (χ1) is 8.15. The number of likely N-dealkylation sites (tertiary alicyclic amines) is 1. The van der Waals surface area contributed by atoms with E-state index in [-0.39, 0.29) is 23.2 Å². The number of nitrogens with zero attached hydrogens (tertiary/aromatic N) is 1. The van der Waals surface area contributed by atoms with Crippen molar-refractivity contribution in [3.05, 3.63) is 34.6 Å². The van der Waals surface area contributed by atoms with E-state index in [0.717, 1.165) is 12.8 Å². The van der Waals surface area contributed by atoms with Crippen LogP contribution in [0.15, 0.2) is 18.2 Å². The summed E-state index contributed by atoms with van der Waals surface area (Å²) in [4.78, 5) is 13.6. The van der Waals surface area contributed by atoms with Gasteiger partial charge in [0.15, 0.2) is 5.82 Å². The maximum Gasteiger partial charge on any atom is 0.257 e. The zero-order valence-corrected chi connectivity index (χ0v) is 9.95. The molecule has 5 heteroatoms. The number of amides is 1. The Morgan fingerprint density at radius 3 is 3.06 bits per heavy atom. The average molecular weight is 258 g/mol. The molecule has 1 unspecified atom stereocenters. The molecule has 0 spiro atoms. The van der Waals surface area contributed by atoms with Gasteiger partial charge in [-0.2, -0.15) is 0 Å². The van der Waals surface area contributed by atoms with Gasteiger partial charge < -0.3 is 10.0 Å². The van der Waals surface area contributed by atoms with Crippen LogP contribution in [-0.2, 0) is 0 Å². The van der Waals surface area contributed by atoms with Crippen LogP contribution in [0.5, 0.6) is 0 Å². The third-order valence-electron chi connectivity index (χ3n) is 3.03. The van der Waals surface area contributed by atoms with Crippen LogP contribution >= 0.6 is 11.6 Å². The maximum absolute atomic E-state index is 13.7. The molecule has 2 rings (SSSR count). The summed E-state index contributed by atoms with van der Waals surface area (Å²) in [5, 5.41) is 9.08. The largest absolute Gasteiger partial charge is 0.394 e. The fourth-order valence-electron chi connectivity index (χ4n) is 2.12. The summed E-state index contributed by atoms with van der Waals surface area (Å²) < 4.78 is 13.7. The van der Waals surface area contributed by atoms with Crippen LogP contribution in [0.2, 0.25) is 5.02 Å². The fourth-order valence-corrected chi connectivity index (χ4v) is 2.29. The Morgan fingerprint density at radius 2 is 2.35 bits per heavy atom. The Bertz CT molecular complexity index is 439. The van der Waals surface area contributed by atoms with E-state index in [1.54, 1.807) is 6.07 Å². The number of aliphatic hydroxyl groups excluding tert-OH is 1. The van der Waals surface area contributed by atoms with E-state index in [1.165, 1.54) is 17.0 Å². The molecule has 1 fully saturated rings. The highest BCUT2D eigenvalue weighted by atomic mass is 35.5. The Kier molecular flexibility index (Phi) is 3.64. The van der Waals surface area contributed by atoms with E-state index in [4.69, 9.17) is 16.7 Å². The number of carbonyl (C=O) groups is 1. The van der Waals surface area contributed by atoms with Crippen molar-refractivity contribution in [3.8, 4) is 0 Å². The molecule has 0 saturated carbocycles. The van der Waals surface area contributed by atoms with Gasteiger partial charge in [0.05, 0.1) is 23.2 Å². The normalized spacial score (nSPS) is 19.7. The van der Waals surface area contributed by atoms with Gasteiger partial charge in [0.25, 0.3) is 5.91 Å². The zero-order chi connectivity index (χ0) is 12.4. The first-order valence-corrected chi connectivity index (χ1v) is 5.88. The van der Waals surface area contributed by atoms with E-state index >= 15 is 0 Å². The monoisotopic (exact) mass is 257 g/mol. The number of aliphatic hydroxyl groups is 1. The van der Waals surface area contributed by atoms with Crippen LogP contribution in [0.3, 0.4) is 0 Å². The van der Waals surface area contributed by atoms with E-state index in [2.05, 4.69) is 0 Å². The SMILES string of the molecule is O=C(c1cccc(Cl)c1F)N1CCCC1CO. The summed E-state index contributed by atoms with van der Waals surface area (Å²) in [5.74, 6) is -1.09. The Balaban J connectivity index is 2.28. The van der Waals surface area contributed by atoms with Gasteiger partial charge in [-0.25, -0.2) is 4.39 Å². The second-order valence-electron chi connectivity index (χ2n) is 4.08. The fraction of sp³-hybridized carbons (Fsp3) is 0.417. The molecule has 1 saturated heterocycles. The second-order valence-corrected chi connectivity index (χ2v) is 4.49. The summed E-state index contributed by atoms with van der Waals surface area (Å²) >= 11 is 5.64. The minimum Gasteiger partial charge on any atom is -0.394 e. The lowest BCUT2D eigenvalue weighted by molar-refractivity contribution is 0.0673. The van der Waals surface area contributed by atoms with Crippen molar-refractivity contribution < 1.29 is 14.3 Å². The van der Waals surface area contributed by atoms with Crippen molar-refractivity contribution in [3.63, 3.8) is 0 Å². The Labute approximate surface area is 104 Å². The molecule has 3 nitrogen and oxygen atoms in total. The summed E-state index contributed by atoms with van der Waals surface area (Å²) in [6.45, 7) is 0.462. The van der Waals surface area contributed by atoms with Crippen molar-refractivity contribution in [2.45, 2.75) is 18.9 Å². The number of hydrogen-bond donors (Lipinski definition) is 1. The first kappa shape index (κ1) is 12.3. The van der Waals surface area contributed by atoms with Gasteiger partial charge in [0.2, 0.25) is 0 Å². The van der Waals surface area contributed by atoms with Gasteiger partial charge in [-0.05, 0) is 25.0 Å². The highest BCUT2D eigenvalue weighted by Crippen LogP contribution is 2.23. The number of hydrogen-bond acceptors (Lipinski definition) is 2. The highest BCUT2D eigenvalue weighted by Gasteiger charge is 2.30. The molecular formula is C12H13ClFNO2. The molecule has 1 amide bonds. The zero-order valence-electron chi connectivity index (χ0n) is 9.20. The number of halogens is 2. The van der Waals surface area contributed by atoms with E-state index < -0.39 is 11.7 Å². The first-order valence-electron chi connectivity index (χ1n) is 5.51. The lowest BCUT2D eigenvalue weighted by Gasteiger charge is -2.23. The summed E-state index contributed by atoms with van der Waals surface area (Å²) in [6, 6.07) is 4.15. The lowest BCUT2D eigenvalue weighted by atomic mass is 10.1. The van der Waals surface area contributed by atoms with Gasteiger partial charge in [0, 0.05) is 6.54 Å². The predicted octanol–water partition coefficient (Wildman–Crippen LogP) is 2.08. The average Bonchev–Trinajstić information content (AvgIpc) is 2.80. The van der Waals surface area contributed by atoms with Crippen LogP contribution in [-0.4, -0.2) is 35.1 Å². The molecule has 1 atom stereocenters. The van der Waals surface area contributed by atoms with Crippen LogP contribution < -0.4 is 0 Å². The van der Waals surface area contributed by atoms with Crippen molar-refractivity contribution in [1.29, 1.82) is 0 Å². The molecule has 1 aromatic carbocycles. The van der Waals surface area contributed by atoms with Gasteiger partial charge in [0.1, 0.15) is 0 Å². The maximum atomic E-state index is 13.7. The molecule has 1 aliphatic rings. The topological polar surface area (TPSA) is 40.5 Å². The predicted molar refractivity (Wildman–Crippen MR) is 62.6 cm³/mol. The summed E-state index contributed by atoms with van der Waals surface area (Å²) in [5.41, 5.74) is -0.0298. The minimum absolute atomic E-state index is 0.0298. The molecule has 1 aliphatic heterocycles. The molecule has 92 valence electrons. The lowest BCUT2D eigenvalue weighted by Crippen LogP contribution is -2.38. The Hall–Kier alpha value is -1.13. The Morgan fingerprint density at radius 1 is 1.59 bits per heavy atom. The molecule has 1 N–H and O–H groups in total. The van der Waals surface area contributed by atoms with Crippen molar-refractivity contribution >= 4 is 17.5 Å². The van der Waals surface area contributed by atoms with Gasteiger partial charge >= 0.3 is 0 Å². The summed E-state index contributed by atoms with van der Waals surface area (Å²) in [7, 11) is 0. The minimum atomic E-state index is -0.692. The number of carbonyl (C=O) groups excluding carboxylic acids is 1. The van der Waals surface area contributed by atoms with Gasteiger partial charge in [-0.1, -0.05) is 17.7 Å². The third-order valence-corrected chi connectivity index (χ3v) is 3.32. The molecule has 1 aromatic rings. The van der Waals surface area contributed by atoms with Crippen LogP contribution in [0.1, 0.15) is 23.2 Å². The summed E-state index contributed by atoms with van der Waals surface area (Å²) in [6.07, 6.45) is 1.59. The standard InChI is InChI=1S/C12H13ClFNO2/c13-10-5-1-4-9(11(10)14)12(17)15-6-2-3-8(15)7-16/h1,4-5,8,16H,2-3,6-7H2. The van der Waals surface area contributed by atoms with E-state index in [0.29, 0.717) is 6.54 Å². The van der Waals surface area contributed by atoms with E-state index in [1.807, 2.05) is 0 Å². The number of benzene rings is 1. The highest BCUT2D eigenvalue weighted by molar-refractivity contribution is 6.31. The van der Waals surface area contributed by atoms with Gasteiger partial charge in [-0.15, -0.1) is 0 Å². The van der Waals surface area contributed by atoms with Crippen LogP contribution in [0.25, 0.3) is 0 Å².